The predicted molar refractivity (Wildman–Crippen MR) is 98.6 cm³/mol. The fraction of sp³-hybridized carbons (Fsp3) is 0.250. The SMILES string of the molecule is O=C(Cn1ccc2ccc(Cl)cc21)N1CCOC(c2ccc(F)cc2)C1. The Morgan fingerprint density at radius 3 is 2.81 bits per heavy atom. The highest BCUT2D eigenvalue weighted by Gasteiger charge is 2.25. The van der Waals surface area contributed by atoms with E-state index in [1.165, 1.54) is 12.1 Å². The molecule has 2 aromatic carbocycles. The normalized spacial score (nSPS) is 17.6. The minimum Gasteiger partial charge on any atom is -0.370 e. The smallest absolute Gasteiger partial charge is 0.242 e. The van der Waals surface area contributed by atoms with Gasteiger partial charge in [0.1, 0.15) is 18.5 Å². The number of halogens is 2. The highest BCUT2D eigenvalue weighted by Crippen LogP contribution is 2.24. The Labute approximate surface area is 155 Å². The molecule has 4 nitrogen and oxygen atoms in total. The molecule has 0 aliphatic carbocycles. The largest absolute Gasteiger partial charge is 0.370 e. The van der Waals surface area contributed by atoms with Gasteiger partial charge in [0.05, 0.1) is 13.2 Å². The lowest BCUT2D eigenvalue weighted by Gasteiger charge is -2.33. The zero-order chi connectivity index (χ0) is 18.1. The average molecular weight is 373 g/mol. The maximum atomic E-state index is 13.1. The number of carbonyl (C=O) groups excluding carboxylic acids is 1. The standard InChI is InChI=1S/C20H18ClFN2O2/c21-16-4-1-14-7-8-23(18(14)11-16)13-20(25)24-9-10-26-19(12-24)15-2-5-17(22)6-3-15/h1-8,11,19H,9-10,12-13H2. The van der Waals surface area contributed by atoms with Gasteiger partial charge in [-0.25, -0.2) is 4.39 Å². The van der Waals surface area contributed by atoms with E-state index in [2.05, 4.69) is 0 Å². The molecule has 0 spiro atoms. The van der Waals surface area contributed by atoms with Crippen molar-refractivity contribution < 1.29 is 13.9 Å². The van der Waals surface area contributed by atoms with Crippen molar-refractivity contribution in [2.45, 2.75) is 12.6 Å². The number of rotatable bonds is 3. The van der Waals surface area contributed by atoms with E-state index in [9.17, 15) is 9.18 Å². The number of benzene rings is 2. The van der Waals surface area contributed by atoms with Crippen LogP contribution in [0.2, 0.25) is 5.02 Å². The highest BCUT2D eigenvalue weighted by molar-refractivity contribution is 6.31. The van der Waals surface area contributed by atoms with Gasteiger partial charge in [0.15, 0.2) is 0 Å². The molecule has 0 radical (unpaired) electrons. The van der Waals surface area contributed by atoms with Gasteiger partial charge in [0.25, 0.3) is 0 Å². The lowest BCUT2D eigenvalue weighted by Crippen LogP contribution is -2.43. The first kappa shape index (κ1) is 17.1. The molecule has 1 atom stereocenters. The molecule has 3 aromatic rings. The second kappa shape index (κ2) is 7.09. The summed E-state index contributed by atoms with van der Waals surface area (Å²) in [5.41, 5.74) is 1.82. The van der Waals surface area contributed by atoms with E-state index >= 15 is 0 Å². The summed E-state index contributed by atoms with van der Waals surface area (Å²) in [7, 11) is 0. The van der Waals surface area contributed by atoms with Gasteiger partial charge in [0, 0.05) is 23.3 Å². The van der Waals surface area contributed by atoms with Crippen molar-refractivity contribution >= 4 is 28.4 Å². The zero-order valence-corrected chi connectivity index (χ0v) is 14.8. The van der Waals surface area contributed by atoms with Crippen molar-refractivity contribution in [3.63, 3.8) is 0 Å². The van der Waals surface area contributed by atoms with Crippen molar-refractivity contribution in [1.29, 1.82) is 0 Å². The quantitative estimate of drug-likeness (QED) is 0.695. The van der Waals surface area contributed by atoms with Crippen LogP contribution >= 0.6 is 11.6 Å². The lowest BCUT2D eigenvalue weighted by molar-refractivity contribution is -0.139. The summed E-state index contributed by atoms with van der Waals surface area (Å²) in [6, 6.07) is 13.9. The van der Waals surface area contributed by atoms with E-state index in [4.69, 9.17) is 16.3 Å². The average Bonchev–Trinajstić information content (AvgIpc) is 3.04. The Kier molecular flexibility index (Phi) is 4.66. The van der Waals surface area contributed by atoms with E-state index in [0.29, 0.717) is 24.7 Å². The molecule has 1 saturated heterocycles. The van der Waals surface area contributed by atoms with Crippen molar-refractivity contribution in [3.05, 3.63) is 71.1 Å². The minimum atomic E-state index is -0.282. The summed E-state index contributed by atoms with van der Waals surface area (Å²) in [5.74, 6) is -0.256. The van der Waals surface area contributed by atoms with Crippen LogP contribution in [-0.2, 0) is 16.1 Å². The fourth-order valence-electron chi connectivity index (χ4n) is 3.30. The maximum Gasteiger partial charge on any atom is 0.242 e. The highest BCUT2D eigenvalue weighted by atomic mass is 35.5. The van der Waals surface area contributed by atoms with Gasteiger partial charge in [-0.1, -0.05) is 29.8 Å². The monoisotopic (exact) mass is 372 g/mol. The van der Waals surface area contributed by atoms with E-state index < -0.39 is 0 Å². The molecule has 1 aliphatic rings. The Balaban J connectivity index is 1.48. The number of amides is 1. The molecular formula is C20H18ClFN2O2. The first-order valence-electron chi connectivity index (χ1n) is 8.49. The van der Waals surface area contributed by atoms with Crippen LogP contribution in [0.3, 0.4) is 0 Å². The molecule has 4 rings (SSSR count). The molecule has 1 unspecified atom stereocenters. The van der Waals surface area contributed by atoms with Gasteiger partial charge < -0.3 is 14.2 Å². The van der Waals surface area contributed by atoms with Gasteiger partial charge in [-0.3, -0.25) is 4.79 Å². The maximum absolute atomic E-state index is 13.1. The Bertz CT molecular complexity index is 939. The Hall–Kier alpha value is -2.37. The molecule has 134 valence electrons. The molecule has 1 fully saturated rings. The summed E-state index contributed by atoms with van der Waals surface area (Å²) in [6.07, 6.45) is 1.67. The Morgan fingerprint density at radius 1 is 1.19 bits per heavy atom. The molecule has 26 heavy (non-hydrogen) atoms. The third kappa shape index (κ3) is 3.45. The van der Waals surface area contributed by atoms with Crippen LogP contribution in [0.1, 0.15) is 11.7 Å². The van der Waals surface area contributed by atoms with Gasteiger partial charge in [-0.2, -0.15) is 0 Å². The topological polar surface area (TPSA) is 34.5 Å². The van der Waals surface area contributed by atoms with Crippen molar-refractivity contribution in [2.24, 2.45) is 0 Å². The number of carbonyl (C=O) groups is 1. The van der Waals surface area contributed by atoms with E-state index in [-0.39, 0.29) is 24.4 Å². The van der Waals surface area contributed by atoms with Crippen molar-refractivity contribution in [3.8, 4) is 0 Å². The van der Waals surface area contributed by atoms with Crippen LogP contribution < -0.4 is 0 Å². The number of fused-ring (bicyclic) bond motifs is 1. The molecular weight excluding hydrogens is 355 g/mol. The molecule has 0 N–H and O–H groups in total. The number of hydrogen-bond donors (Lipinski definition) is 0. The van der Waals surface area contributed by atoms with Crippen LogP contribution in [0, 0.1) is 5.82 Å². The number of aromatic nitrogens is 1. The fourth-order valence-corrected chi connectivity index (χ4v) is 3.46. The van der Waals surface area contributed by atoms with E-state index in [0.717, 1.165) is 16.5 Å². The summed E-state index contributed by atoms with van der Waals surface area (Å²) >= 11 is 6.08. The van der Waals surface area contributed by atoms with Crippen LogP contribution in [-0.4, -0.2) is 35.1 Å². The second-order valence-electron chi connectivity index (χ2n) is 6.40. The third-order valence-electron chi connectivity index (χ3n) is 4.70. The molecule has 0 saturated carbocycles. The molecule has 2 heterocycles. The van der Waals surface area contributed by atoms with Crippen LogP contribution in [0.25, 0.3) is 10.9 Å². The van der Waals surface area contributed by atoms with Crippen molar-refractivity contribution in [2.75, 3.05) is 19.7 Å². The number of morpholine rings is 1. The first-order chi connectivity index (χ1) is 12.6. The summed E-state index contributed by atoms with van der Waals surface area (Å²) in [5, 5.41) is 1.70. The predicted octanol–water partition coefficient (Wildman–Crippen LogP) is 4.03. The summed E-state index contributed by atoms with van der Waals surface area (Å²) in [6.45, 7) is 1.73. The zero-order valence-electron chi connectivity index (χ0n) is 14.1. The first-order valence-corrected chi connectivity index (χ1v) is 8.87. The number of nitrogens with zero attached hydrogens (tertiary/aromatic N) is 2. The van der Waals surface area contributed by atoms with Gasteiger partial charge in [-0.15, -0.1) is 0 Å². The van der Waals surface area contributed by atoms with Crippen LogP contribution in [0.5, 0.6) is 0 Å². The van der Waals surface area contributed by atoms with E-state index in [1.54, 1.807) is 17.0 Å². The van der Waals surface area contributed by atoms with Crippen molar-refractivity contribution in [1.82, 2.24) is 9.47 Å². The number of ether oxygens (including phenoxy) is 1. The van der Waals surface area contributed by atoms with Gasteiger partial charge in [-0.05, 0) is 41.3 Å². The third-order valence-corrected chi connectivity index (χ3v) is 4.94. The number of hydrogen-bond acceptors (Lipinski definition) is 2. The lowest BCUT2D eigenvalue weighted by atomic mass is 10.1. The molecule has 1 aromatic heterocycles. The van der Waals surface area contributed by atoms with Crippen LogP contribution in [0.15, 0.2) is 54.7 Å². The van der Waals surface area contributed by atoms with Crippen LogP contribution in [0.4, 0.5) is 4.39 Å². The van der Waals surface area contributed by atoms with Gasteiger partial charge >= 0.3 is 0 Å². The minimum absolute atomic E-state index is 0.0258. The Morgan fingerprint density at radius 2 is 2.00 bits per heavy atom. The molecule has 1 amide bonds. The van der Waals surface area contributed by atoms with Gasteiger partial charge in [0.2, 0.25) is 5.91 Å². The summed E-state index contributed by atoms with van der Waals surface area (Å²) in [4.78, 5) is 14.6. The van der Waals surface area contributed by atoms with E-state index in [1.807, 2.05) is 35.0 Å². The molecule has 6 heteroatoms. The second-order valence-corrected chi connectivity index (χ2v) is 6.83. The molecule has 1 aliphatic heterocycles. The molecule has 0 bridgehead atoms. The summed E-state index contributed by atoms with van der Waals surface area (Å²) < 4.78 is 20.8.